The minimum absolute atomic E-state index is 0.269. The smallest absolute Gasteiger partial charge is 0.331 e. The number of hydrogen-bond donors (Lipinski definition) is 0. The number of carbonyl (C=O) groups excluding carboxylic acids is 1. The van der Waals surface area contributed by atoms with E-state index in [4.69, 9.17) is 0 Å². The van der Waals surface area contributed by atoms with E-state index >= 15 is 0 Å². The zero-order chi connectivity index (χ0) is 11.3. The number of methoxy groups -OCH3 is 1. The average Bonchev–Trinajstić information content (AvgIpc) is 2.77. The molecule has 1 aromatic heterocycles. The quantitative estimate of drug-likeness (QED) is 0.582. The van der Waals surface area contributed by atoms with E-state index in [1.807, 2.05) is 23.4 Å². The van der Waals surface area contributed by atoms with Gasteiger partial charge in [0.05, 0.1) is 13.2 Å². The molecule has 0 N–H and O–H groups in total. The van der Waals surface area contributed by atoms with Gasteiger partial charge in [-0.25, -0.2) is 4.79 Å². The summed E-state index contributed by atoms with van der Waals surface area (Å²) >= 11 is 1.71. The first-order valence-corrected chi connectivity index (χ1v) is 5.54. The van der Waals surface area contributed by atoms with Gasteiger partial charge in [0.2, 0.25) is 0 Å². The average molecular weight is 225 g/mol. The zero-order valence-electron chi connectivity index (χ0n) is 9.14. The van der Waals surface area contributed by atoms with Gasteiger partial charge < -0.3 is 9.64 Å². The molecule has 0 aliphatic carbocycles. The number of carbonyl (C=O) groups is 1. The van der Waals surface area contributed by atoms with Crippen molar-refractivity contribution >= 4 is 17.3 Å². The second-order valence-electron chi connectivity index (χ2n) is 3.20. The Labute approximate surface area is 94.0 Å². The van der Waals surface area contributed by atoms with Crippen LogP contribution < -0.4 is 0 Å². The molecule has 0 spiro atoms. The predicted molar refractivity (Wildman–Crippen MR) is 61.7 cm³/mol. The standard InChI is InChI=1S/C11H15NO2S/c1-9(10-5-4-8-15-10)12(2)7-6-11(13)14-3/h4-9H,1-3H3. The van der Waals surface area contributed by atoms with Crippen LogP contribution in [0.5, 0.6) is 0 Å². The summed E-state index contributed by atoms with van der Waals surface area (Å²) in [5.74, 6) is -0.333. The molecule has 0 aliphatic rings. The summed E-state index contributed by atoms with van der Waals surface area (Å²) < 4.78 is 4.52. The van der Waals surface area contributed by atoms with Crippen LogP contribution in [0.15, 0.2) is 29.8 Å². The lowest BCUT2D eigenvalue weighted by Gasteiger charge is -2.21. The summed E-state index contributed by atoms with van der Waals surface area (Å²) in [6.45, 7) is 2.09. The number of esters is 1. The molecule has 0 aromatic carbocycles. The first kappa shape index (κ1) is 11.8. The van der Waals surface area contributed by atoms with Crippen LogP contribution >= 0.6 is 11.3 Å². The fourth-order valence-electron chi connectivity index (χ4n) is 1.11. The van der Waals surface area contributed by atoms with E-state index in [-0.39, 0.29) is 12.0 Å². The second-order valence-corrected chi connectivity index (χ2v) is 4.18. The van der Waals surface area contributed by atoms with Gasteiger partial charge in [0.25, 0.3) is 0 Å². The van der Waals surface area contributed by atoms with Crippen molar-refractivity contribution < 1.29 is 9.53 Å². The van der Waals surface area contributed by atoms with Gasteiger partial charge in [-0.2, -0.15) is 0 Å². The van der Waals surface area contributed by atoms with Crippen molar-refractivity contribution in [2.45, 2.75) is 13.0 Å². The molecule has 82 valence electrons. The molecule has 0 fully saturated rings. The van der Waals surface area contributed by atoms with Gasteiger partial charge in [0, 0.05) is 24.2 Å². The van der Waals surface area contributed by atoms with Crippen LogP contribution in [0.2, 0.25) is 0 Å². The highest BCUT2D eigenvalue weighted by Gasteiger charge is 2.09. The molecule has 0 saturated heterocycles. The largest absolute Gasteiger partial charge is 0.466 e. The highest BCUT2D eigenvalue weighted by atomic mass is 32.1. The maximum atomic E-state index is 10.9. The highest BCUT2D eigenvalue weighted by Crippen LogP contribution is 2.23. The number of thiophene rings is 1. The minimum atomic E-state index is -0.333. The molecule has 1 aromatic rings. The lowest BCUT2D eigenvalue weighted by Crippen LogP contribution is -2.15. The van der Waals surface area contributed by atoms with Crippen LogP contribution in [0, 0.1) is 0 Å². The van der Waals surface area contributed by atoms with Crippen LogP contribution in [-0.2, 0) is 9.53 Å². The van der Waals surface area contributed by atoms with Crippen molar-refractivity contribution in [3.05, 3.63) is 34.7 Å². The Morgan fingerprint density at radius 1 is 1.67 bits per heavy atom. The molecule has 0 aliphatic heterocycles. The van der Waals surface area contributed by atoms with E-state index in [0.29, 0.717) is 0 Å². The van der Waals surface area contributed by atoms with Crippen LogP contribution in [-0.4, -0.2) is 25.0 Å². The molecule has 1 heterocycles. The van der Waals surface area contributed by atoms with Gasteiger partial charge in [-0.15, -0.1) is 11.3 Å². The summed E-state index contributed by atoms with van der Waals surface area (Å²) in [4.78, 5) is 14.1. The van der Waals surface area contributed by atoms with E-state index in [1.54, 1.807) is 17.5 Å². The normalized spacial score (nSPS) is 12.7. The fourth-order valence-corrected chi connectivity index (χ4v) is 1.94. The Kier molecular flexibility index (Phi) is 4.37. The summed E-state index contributed by atoms with van der Waals surface area (Å²) in [7, 11) is 3.30. The van der Waals surface area contributed by atoms with Crippen LogP contribution in [0.1, 0.15) is 17.8 Å². The van der Waals surface area contributed by atoms with Crippen molar-refractivity contribution in [3.63, 3.8) is 0 Å². The number of rotatable bonds is 4. The molecular weight excluding hydrogens is 210 g/mol. The van der Waals surface area contributed by atoms with Gasteiger partial charge in [0.15, 0.2) is 0 Å². The minimum Gasteiger partial charge on any atom is -0.466 e. The van der Waals surface area contributed by atoms with Gasteiger partial charge in [-0.1, -0.05) is 6.07 Å². The number of ether oxygens (including phenoxy) is 1. The monoisotopic (exact) mass is 225 g/mol. The van der Waals surface area contributed by atoms with E-state index < -0.39 is 0 Å². The molecule has 1 rings (SSSR count). The third kappa shape index (κ3) is 3.40. The molecule has 1 unspecified atom stereocenters. The first-order chi connectivity index (χ1) is 7.15. The van der Waals surface area contributed by atoms with Crippen LogP contribution in [0.3, 0.4) is 0 Å². The Balaban J connectivity index is 2.57. The van der Waals surface area contributed by atoms with E-state index in [2.05, 4.69) is 17.7 Å². The second kappa shape index (κ2) is 5.56. The molecule has 0 saturated carbocycles. The molecule has 3 nitrogen and oxygen atoms in total. The highest BCUT2D eigenvalue weighted by molar-refractivity contribution is 7.10. The maximum Gasteiger partial charge on any atom is 0.331 e. The van der Waals surface area contributed by atoms with E-state index in [9.17, 15) is 4.79 Å². The van der Waals surface area contributed by atoms with Crippen molar-refractivity contribution in [2.24, 2.45) is 0 Å². The lowest BCUT2D eigenvalue weighted by molar-refractivity contribution is -0.134. The van der Waals surface area contributed by atoms with Crippen molar-refractivity contribution in [1.29, 1.82) is 0 Å². The molecule has 0 bridgehead atoms. The Hall–Kier alpha value is -1.29. The number of hydrogen-bond acceptors (Lipinski definition) is 4. The van der Waals surface area contributed by atoms with Crippen LogP contribution in [0.25, 0.3) is 0 Å². The Morgan fingerprint density at radius 3 is 2.93 bits per heavy atom. The first-order valence-electron chi connectivity index (χ1n) is 4.66. The maximum absolute atomic E-state index is 10.9. The van der Waals surface area contributed by atoms with E-state index in [0.717, 1.165) is 0 Å². The number of nitrogens with zero attached hydrogens (tertiary/aromatic N) is 1. The Bertz CT molecular complexity index is 332. The third-order valence-electron chi connectivity index (χ3n) is 2.21. The fraction of sp³-hybridized carbons (Fsp3) is 0.364. The van der Waals surface area contributed by atoms with E-state index in [1.165, 1.54) is 18.1 Å². The SMILES string of the molecule is COC(=O)C=CN(C)C(C)c1cccs1. The van der Waals surface area contributed by atoms with Crippen molar-refractivity contribution in [1.82, 2.24) is 4.90 Å². The van der Waals surface area contributed by atoms with Gasteiger partial charge in [-0.05, 0) is 18.4 Å². The molecule has 15 heavy (non-hydrogen) atoms. The topological polar surface area (TPSA) is 29.5 Å². The lowest BCUT2D eigenvalue weighted by atomic mass is 10.2. The summed E-state index contributed by atoms with van der Waals surface area (Å²) in [5.41, 5.74) is 0. The molecule has 4 heteroatoms. The molecular formula is C11H15NO2S. The predicted octanol–water partition coefficient (Wildman–Crippen LogP) is 2.43. The van der Waals surface area contributed by atoms with Crippen LogP contribution in [0.4, 0.5) is 0 Å². The summed E-state index contributed by atoms with van der Waals surface area (Å²) in [6, 6.07) is 4.37. The molecule has 0 amide bonds. The molecule has 1 atom stereocenters. The van der Waals surface area contributed by atoms with Gasteiger partial charge >= 0.3 is 5.97 Å². The summed E-state index contributed by atoms with van der Waals surface area (Å²) in [6.07, 6.45) is 3.15. The molecule has 0 radical (unpaired) electrons. The van der Waals surface area contributed by atoms with Gasteiger partial charge in [0.1, 0.15) is 0 Å². The Morgan fingerprint density at radius 2 is 2.40 bits per heavy atom. The zero-order valence-corrected chi connectivity index (χ0v) is 9.95. The van der Waals surface area contributed by atoms with Gasteiger partial charge in [-0.3, -0.25) is 0 Å². The van der Waals surface area contributed by atoms with Crippen molar-refractivity contribution in [2.75, 3.05) is 14.2 Å². The van der Waals surface area contributed by atoms with Crippen molar-refractivity contribution in [3.8, 4) is 0 Å². The summed E-state index contributed by atoms with van der Waals surface area (Å²) in [5, 5.41) is 2.05. The third-order valence-corrected chi connectivity index (χ3v) is 3.26.